The molecule has 1 aliphatic rings. The SMILES string of the molecule is CC(=O)OC1C(Oc2ccc([N+](=O)[O-])cc2C(F)F)OC(C)C(C)C1C. The molecule has 0 aromatic heterocycles. The van der Waals surface area contributed by atoms with Crippen LogP contribution < -0.4 is 4.74 Å². The lowest BCUT2D eigenvalue weighted by molar-refractivity contribution is -0.385. The van der Waals surface area contributed by atoms with Crippen LogP contribution in [0.25, 0.3) is 0 Å². The number of halogens is 2. The van der Waals surface area contributed by atoms with E-state index in [0.29, 0.717) is 0 Å². The van der Waals surface area contributed by atoms with Gasteiger partial charge in [0, 0.05) is 25.0 Å². The molecule has 1 saturated heterocycles. The Morgan fingerprint density at radius 1 is 1.27 bits per heavy atom. The molecule has 0 saturated carbocycles. The van der Waals surface area contributed by atoms with Crippen LogP contribution in [0.2, 0.25) is 0 Å². The normalized spacial score (nSPS) is 28.7. The number of carbonyl (C=O) groups excluding carboxylic acids is 1. The molecule has 144 valence electrons. The molecule has 1 heterocycles. The van der Waals surface area contributed by atoms with Crippen molar-refractivity contribution in [3.8, 4) is 5.75 Å². The van der Waals surface area contributed by atoms with Crippen molar-refractivity contribution in [3.05, 3.63) is 33.9 Å². The van der Waals surface area contributed by atoms with Crippen molar-refractivity contribution in [2.45, 2.75) is 52.6 Å². The minimum Gasteiger partial charge on any atom is -0.460 e. The summed E-state index contributed by atoms with van der Waals surface area (Å²) in [5.74, 6) is -0.883. The fraction of sp³-hybridized carbons (Fsp3) is 0.588. The van der Waals surface area contributed by atoms with Gasteiger partial charge in [-0.05, 0) is 18.9 Å². The first-order valence-corrected chi connectivity index (χ1v) is 8.17. The number of hydrogen-bond donors (Lipinski definition) is 0. The van der Waals surface area contributed by atoms with Crippen molar-refractivity contribution in [3.63, 3.8) is 0 Å². The molecule has 0 spiro atoms. The number of alkyl halides is 2. The van der Waals surface area contributed by atoms with Crippen molar-refractivity contribution in [1.29, 1.82) is 0 Å². The number of nitrogens with zero attached hydrogens (tertiary/aromatic N) is 1. The number of benzene rings is 1. The van der Waals surface area contributed by atoms with E-state index >= 15 is 0 Å². The Bertz CT molecular complexity index is 683. The Labute approximate surface area is 149 Å². The van der Waals surface area contributed by atoms with E-state index in [-0.39, 0.29) is 23.7 Å². The molecular weight excluding hydrogens is 352 g/mol. The van der Waals surface area contributed by atoms with Crippen molar-refractivity contribution < 1.29 is 32.7 Å². The predicted octanol–water partition coefficient (Wildman–Crippen LogP) is 3.86. The van der Waals surface area contributed by atoms with Gasteiger partial charge in [-0.3, -0.25) is 14.9 Å². The van der Waals surface area contributed by atoms with Gasteiger partial charge in [-0.15, -0.1) is 0 Å². The summed E-state index contributed by atoms with van der Waals surface area (Å²) < 4.78 is 43.2. The third-order valence-electron chi connectivity index (χ3n) is 4.69. The second kappa shape index (κ2) is 7.94. The molecule has 26 heavy (non-hydrogen) atoms. The molecule has 5 atom stereocenters. The average Bonchev–Trinajstić information content (AvgIpc) is 2.56. The summed E-state index contributed by atoms with van der Waals surface area (Å²) in [7, 11) is 0. The molecule has 7 nitrogen and oxygen atoms in total. The number of esters is 1. The van der Waals surface area contributed by atoms with Gasteiger partial charge in [0.15, 0.2) is 6.10 Å². The lowest BCUT2D eigenvalue weighted by Crippen LogP contribution is -2.52. The molecule has 0 radical (unpaired) electrons. The van der Waals surface area contributed by atoms with Gasteiger partial charge in [0.1, 0.15) is 5.75 Å². The largest absolute Gasteiger partial charge is 0.460 e. The molecule has 0 bridgehead atoms. The Kier molecular flexibility index (Phi) is 6.12. The minimum atomic E-state index is -2.98. The number of non-ortho nitro benzene ring substituents is 1. The zero-order valence-corrected chi connectivity index (χ0v) is 14.8. The second-order valence-corrected chi connectivity index (χ2v) is 6.40. The van der Waals surface area contributed by atoms with Crippen LogP contribution in [0, 0.1) is 22.0 Å². The maximum absolute atomic E-state index is 13.3. The molecule has 1 fully saturated rings. The van der Waals surface area contributed by atoms with Gasteiger partial charge in [-0.2, -0.15) is 0 Å². The Morgan fingerprint density at radius 3 is 2.46 bits per heavy atom. The number of nitro groups is 1. The maximum Gasteiger partial charge on any atom is 0.303 e. The lowest BCUT2D eigenvalue weighted by Gasteiger charge is -2.42. The fourth-order valence-corrected chi connectivity index (χ4v) is 2.89. The van der Waals surface area contributed by atoms with Gasteiger partial charge >= 0.3 is 5.97 Å². The number of ether oxygens (including phenoxy) is 3. The summed E-state index contributed by atoms with van der Waals surface area (Å²) in [6, 6.07) is 2.93. The average molecular weight is 373 g/mol. The van der Waals surface area contributed by atoms with E-state index in [9.17, 15) is 23.7 Å². The monoisotopic (exact) mass is 373 g/mol. The van der Waals surface area contributed by atoms with Crippen LogP contribution in [-0.2, 0) is 14.3 Å². The van der Waals surface area contributed by atoms with Crippen LogP contribution >= 0.6 is 0 Å². The summed E-state index contributed by atoms with van der Waals surface area (Å²) in [5.41, 5.74) is -1.09. The fourth-order valence-electron chi connectivity index (χ4n) is 2.89. The molecule has 0 N–H and O–H groups in total. The molecule has 9 heteroatoms. The van der Waals surface area contributed by atoms with Gasteiger partial charge in [0.05, 0.1) is 16.6 Å². The number of hydrogen-bond acceptors (Lipinski definition) is 6. The van der Waals surface area contributed by atoms with E-state index in [1.807, 2.05) is 20.8 Å². The highest BCUT2D eigenvalue weighted by atomic mass is 19.3. The highest BCUT2D eigenvalue weighted by molar-refractivity contribution is 5.66. The van der Waals surface area contributed by atoms with E-state index in [2.05, 4.69) is 0 Å². The van der Waals surface area contributed by atoms with Gasteiger partial charge in [0.2, 0.25) is 6.29 Å². The van der Waals surface area contributed by atoms with E-state index in [1.165, 1.54) is 6.92 Å². The van der Waals surface area contributed by atoms with Crippen LogP contribution in [0.3, 0.4) is 0 Å². The molecule has 2 rings (SSSR count). The summed E-state index contributed by atoms with van der Waals surface area (Å²) in [5, 5.41) is 10.8. The van der Waals surface area contributed by atoms with Crippen LogP contribution in [0.1, 0.15) is 39.7 Å². The summed E-state index contributed by atoms with van der Waals surface area (Å²) in [6.07, 6.45) is -5.12. The minimum absolute atomic E-state index is 0.0469. The molecular formula is C17H21F2NO6. The van der Waals surface area contributed by atoms with Crippen LogP contribution in [0.5, 0.6) is 5.75 Å². The molecule has 0 amide bonds. The van der Waals surface area contributed by atoms with Crippen LogP contribution in [0.15, 0.2) is 18.2 Å². The number of carbonyl (C=O) groups is 1. The van der Waals surface area contributed by atoms with Crippen molar-refractivity contribution in [2.75, 3.05) is 0 Å². The van der Waals surface area contributed by atoms with E-state index in [0.717, 1.165) is 18.2 Å². The van der Waals surface area contributed by atoms with E-state index < -0.39 is 41.0 Å². The van der Waals surface area contributed by atoms with E-state index in [4.69, 9.17) is 14.2 Å². The van der Waals surface area contributed by atoms with Crippen LogP contribution in [-0.4, -0.2) is 29.4 Å². The molecule has 1 aromatic rings. The summed E-state index contributed by atoms with van der Waals surface area (Å²) in [4.78, 5) is 21.5. The summed E-state index contributed by atoms with van der Waals surface area (Å²) >= 11 is 0. The highest BCUT2D eigenvalue weighted by Gasteiger charge is 2.43. The molecule has 5 unspecified atom stereocenters. The zero-order valence-electron chi connectivity index (χ0n) is 14.8. The van der Waals surface area contributed by atoms with Crippen molar-refractivity contribution in [2.24, 2.45) is 11.8 Å². The maximum atomic E-state index is 13.3. The smallest absolute Gasteiger partial charge is 0.303 e. The third kappa shape index (κ3) is 4.27. The zero-order chi connectivity index (χ0) is 19.6. The quantitative estimate of drug-likeness (QED) is 0.442. The lowest BCUT2D eigenvalue weighted by atomic mass is 9.84. The van der Waals surface area contributed by atoms with Gasteiger partial charge in [-0.1, -0.05) is 13.8 Å². The summed E-state index contributed by atoms with van der Waals surface area (Å²) in [6.45, 7) is 6.84. The standard InChI is InChI=1S/C17H21F2NO6/c1-8-9(2)15(25-11(4)21)17(24-10(8)3)26-14-6-5-12(20(22)23)7-13(14)16(18)19/h5-10,15-17H,1-4H3. The first-order valence-electron chi connectivity index (χ1n) is 8.17. The van der Waals surface area contributed by atoms with Crippen LogP contribution in [0.4, 0.5) is 14.5 Å². The molecule has 1 aliphatic heterocycles. The number of nitro benzene ring substituents is 1. The van der Waals surface area contributed by atoms with Crippen molar-refractivity contribution >= 4 is 11.7 Å². The molecule has 1 aromatic carbocycles. The first kappa shape index (κ1) is 20.0. The van der Waals surface area contributed by atoms with Gasteiger partial charge < -0.3 is 14.2 Å². The van der Waals surface area contributed by atoms with Gasteiger partial charge in [0.25, 0.3) is 12.1 Å². The van der Waals surface area contributed by atoms with Crippen molar-refractivity contribution in [1.82, 2.24) is 0 Å². The second-order valence-electron chi connectivity index (χ2n) is 6.40. The number of rotatable bonds is 5. The topological polar surface area (TPSA) is 87.9 Å². The first-order chi connectivity index (χ1) is 12.1. The Morgan fingerprint density at radius 2 is 1.92 bits per heavy atom. The predicted molar refractivity (Wildman–Crippen MR) is 86.9 cm³/mol. The Balaban J connectivity index is 2.34. The molecule has 0 aliphatic carbocycles. The highest BCUT2D eigenvalue weighted by Crippen LogP contribution is 2.37. The van der Waals surface area contributed by atoms with E-state index in [1.54, 1.807) is 0 Å². The Hall–Kier alpha value is -2.29. The third-order valence-corrected chi connectivity index (χ3v) is 4.69. The van der Waals surface area contributed by atoms with Gasteiger partial charge in [-0.25, -0.2) is 8.78 Å².